The third-order valence-corrected chi connectivity index (χ3v) is 4.07. The third-order valence-electron chi connectivity index (χ3n) is 3.17. The number of nitrogens with one attached hydrogen (secondary N) is 1. The van der Waals surface area contributed by atoms with E-state index in [2.05, 4.69) is 26.8 Å². The van der Waals surface area contributed by atoms with Gasteiger partial charge in [-0.15, -0.1) is 0 Å². The molecule has 1 fully saturated rings. The molecule has 110 valence electrons. The monoisotopic (exact) mass is 300 g/mol. The quantitative estimate of drug-likeness (QED) is 0.929. The second-order valence-electron chi connectivity index (χ2n) is 4.75. The summed E-state index contributed by atoms with van der Waals surface area (Å²) in [7, 11) is 0. The van der Waals surface area contributed by atoms with Crippen LogP contribution in [0.2, 0.25) is 0 Å². The van der Waals surface area contributed by atoms with Crippen molar-refractivity contribution in [2.24, 2.45) is 10.9 Å². The summed E-state index contributed by atoms with van der Waals surface area (Å²) in [6, 6.07) is 5.74. The average Bonchev–Trinajstić information content (AvgIpc) is 3.40. The highest BCUT2D eigenvalue weighted by Crippen LogP contribution is 2.28. The first-order chi connectivity index (χ1) is 10.3. The van der Waals surface area contributed by atoms with Gasteiger partial charge in [0.25, 0.3) is 0 Å². The lowest BCUT2D eigenvalue weighted by Crippen LogP contribution is -2.24. The topological polar surface area (TPSA) is 61.1 Å². The van der Waals surface area contributed by atoms with Crippen LogP contribution in [0.25, 0.3) is 5.57 Å². The number of nitriles is 1. The summed E-state index contributed by atoms with van der Waals surface area (Å²) >= 11 is 1.62. The fourth-order valence-electron chi connectivity index (χ4n) is 1.80. The highest BCUT2D eigenvalue weighted by atomic mass is 32.2. The summed E-state index contributed by atoms with van der Waals surface area (Å²) in [6.07, 6.45) is 4.30. The minimum Gasteiger partial charge on any atom is -0.364 e. The molecule has 21 heavy (non-hydrogen) atoms. The van der Waals surface area contributed by atoms with E-state index < -0.39 is 0 Å². The number of rotatable bonds is 3. The minimum absolute atomic E-state index is 0.586. The van der Waals surface area contributed by atoms with Gasteiger partial charge in [-0.2, -0.15) is 5.26 Å². The summed E-state index contributed by atoms with van der Waals surface area (Å²) in [5.74, 6) is 0.855. The van der Waals surface area contributed by atoms with Crippen molar-refractivity contribution in [3.63, 3.8) is 0 Å². The van der Waals surface area contributed by atoms with Crippen LogP contribution in [-0.4, -0.2) is 23.2 Å². The Labute approximate surface area is 130 Å². The van der Waals surface area contributed by atoms with E-state index in [1.807, 2.05) is 19.9 Å². The Morgan fingerprint density at radius 3 is 2.71 bits per heavy atom. The molecule has 3 rings (SSSR count). The van der Waals surface area contributed by atoms with Crippen LogP contribution in [-0.2, 0) is 0 Å². The van der Waals surface area contributed by atoms with Crippen LogP contribution in [0.1, 0.15) is 37.9 Å². The Balaban J connectivity index is 0.000000774. The number of hydrogen-bond acceptors (Lipinski definition) is 5. The van der Waals surface area contributed by atoms with Gasteiger partial charge < -0.3 is 5.32 Å². The van der Waals surface area contributed by atoms with Crippen LogP contribution >= 0.6 is 11.8 Å². The fourth-order valence-corrected chi connectivity index (χ4v) is 2.56. The van der Waals surface area contributed by atoms with E-state index in [9.17, 15) is 0 Å². The van der Waals surface area contributed by atoms with Gasteiger partial charge in [-0.3, -0.25) is 9.98 Å². The predicted molar refractivity (Wildman–Crippen MR) is 88.9 cm³/mol. The van der Waals surface area contributed by atoms with Gasteiger partial charge in [0.2, 0.25) is 0 Å². The van der Waals surface area contributed by atoms with Crippen LogP contribution < -0.4 is 5.32 Å². The molecule has 0 atom stereocenters. The van der Waals surface area contributed by atoms with Crippen molar-refractivity contribution < 1.29 is 0 Å². The van der Waals surface area contributed by atoms with Gasteiger partial charge in [0.05, 0.1) is 17.8 Å². The summed E-state index contributed by atoms with van der Waals surface area (Å²) < 4.78 is 0. The maximum atomic E-state index is 8.74. The van der Waals surface area contributed by atoms with Gasteiger partial charge in [0, 0.05) is 18.3 Å². The molecular formula is C16H20N4S. The number of pyridine rings is 1. The van der Waals surface area contributed by atoms with Crippen molar-refractivity contribution >= 4 is 22.5 Å². The molecule has 1 N–H and O–H groups in total. The van der Waals surface area contributed by atoms with E-state index in [4.69, 9.17) is 5.26 Å². The molecule has 2 aliphatic rings. The Bertz CT molecular complexity index is 565. The molecule has 1 saturated carbocycles. The molecule has 1 aromatic rings. The Hall–Kier alpha value is -1.80. The number of aliphatic imine (C=N–C) groups is 1. The first-order valence-electron chi connectivity index (χ1n) is 7.35. The van der Waals surface area contributed by atoms with Crippen LogP contribution in [0.15, 0.2) is 28.7 Å². The molecule has 1 aliphatic carbocycles. The molecule has 0 aromatic carbocycles. The van der Waals surface area contributed by atoms with Crippen molar-refractivity contribution in [1.82, 2.24) is 10.3 Å². The van der Waals surface area contributed by atoms with E-state index in [0.29, 0.717) is 12.1 Å². The number of hydrogen-bond donors (Lipinski definition) is 1. The lowest BCUT2D eigenvalue weighted by atomic mass is 10.2. The number of thioether (sulfide) groups is 1. The van der Waals surface area contributed by atoms with Gasteiger partial charge in [-0.25, -0.2) is 0 Å². The van der Waals surface area contributed by atoms with Crippen molar-refractivity contribution in [2.75, 3.05) is 13.1 Å². The molecule has 0 amide bonds. The maximum Gasteiger partial charge on any atom is 0.161 e. The van der Waals surface area contributed by atoms with Crippen LogP contribution in [0.5, 0.6) is 0 Å². The van der Waals surface area contributed by atoms with Crippen LogP contribution in [0, 0.1) is 17.2 Å². The zero-order valence-corrected chi connectivity index (χ0v) is 13.3. The summed E-state index contributed by atoms with van der Waals surface area (Å²) in [6.45, 7) is 5.70. The summed E-state index contributed by atoms with van der Waals surface area (Å²) in [5, 5.41) is 15.2. The molecule has 4 nitrogen and oxygen atoms in total. The SMILES string of the molecule is CC.N#Cc1ccc(C2=CSC(NCC3CC3)=NC2)nc1. The van der Waals surface area contributed by atoms with Crippen molar-refractivity contribution in [3.8, 4) is 6.07 Å². The molecule has 5 heteroatoms. The second-order valence-corrected chi connectivity index (χ2v) is 5.61. The zero-order valence-electron chi connectivity index (χ0n) is 12.5. The molecule has 1 aliphatic heterocycles. The molecule has 0 spiro atoms. The smallest absolute Gasteiger partial charge is 0.161 e. The predicted octanol–water partition coefficient (Wildman–Crippen LogP) is 3.42. The van der Waals surface area contributed by atoms with E-state index in [1.54, 1.807) is 24.0 Å². The normalized spacial score (nSPS) is 16.8. The molecule has 2 heterocycles. The zero-order chi connectivity index (χ0) is 15.1. The number of nitrogens with zero attached hydrogens (tertiary/aromatic N) is 3. The van der Waals surface area contributed by atoms with E-state index in [1.165, 1.54) is 12.8 Å². The summed E-state index contributed by atoms with van der Waals surface area (Å²) in [5.41, 5.74) is 2.59. The first kappa shape index (κ1) is 15.6. The third kappa shape index (κ3) is 4.61. The summed E-state index contributed by atoms with van der Waals surface area (Å²) in [4.78, 5) is 8.81. The standard InChI is InChI=1S/C14H14N4S.C2H6/c15-5-11-3-4-13(16-7-11)12-8-18-14(19-9-12)17-6-10-1-2-10;1-2/h3-4,7,9-10H,1-2,6,8H2,(H,17,18);1-2H3. The van der Waals surface area contributed by atoms with Crippen molar-refractivity contribution in [1.29, 1.82) is 5.26 Å². The van der Waals surface area contributed by atoms with Crippen molar-refractivity contribution in [3.05, 3.63) is 35.0 Å². The number of amidine groups is 1. The minimum atomic E-state index is 0.586. The molecule has 0 saturated heterocycles. The van der Waals surface area contributed by atoms with Gasteiger partial charge in [-0.05, 0) is 36.3 Å². The maximum absolute atomic E-state index is 8.74. The molecule has 0 bridgehead atoms. The van der Waals surface area contributed by atoms with Crippen LogP contribution in [0.3, 0.4) is 0 Å². The lowest BCUT2D eigenvalue weighted by molar-refractivity contribution is 0.777. The Morgan fingerprint density at radius 2 is 2.19 bits per heavy atom. The Kier molecular flexibility index (Phi) is 5.82. The number of aromatic nitrogens is 1. The Morgan fingerprint density at radius 1 is 1.38 bits per heavy atom. The molecular weight excluding hydrogens is 280 g/mol. The average molecular weight is 300 g/mol. The highest BCUT2D eigenvalue weighted by Gasteiger charge is 2.21. The highest BCUT2D eigenvalue weighted by molar-refractivity contribution is 8.16. The largest absolute Gasteiger partial charge is 0.364 e. The first-order valence-corrected chi connectivity index (χ1v) is 8.23. The molecule has 0 unspecified atom stereocenters. The van der Waals surface area contributed by atoms with Crippen molar-refractivity contribution in [2.45, 2.75) is 26.7 Å². The fraction of sp³-hybridized carbons (Fsp3) is 0.438. The van der Waals surface area contributed by atoms with E-state index in [0.717, 1.165) is 28.9 Å². The van der Waals surface area contributed by atoms with Gasteiger partial charge in [0.15, 0.2) is 5.17 Å². The molecule has 0 radical (unpaired) electrons. The van der Waals surface area contributed by atoms with Gasteiger partial charge in [0.1, 0.15) is 6.07 Å². The lowest BCUT2D eigenvalue weighted by Gasteiger charge is -2.13. The second kappa shape index (κ2) is 7.84. The molecule has 1 aromatic heterocycles. The van der Waals surface area contributed by atoms with E-state index in [-0.39, 0.29) is 0 Å². The van der Waals surface area contributed by atoms with E-state index >= 15 is 0 Å². The van der Waals surface area contributed by atoms with Gasteiger partial charge >= 0.3 is 0 Å². The van der Waals surface area contributed by atoms with Gasteiger partial charge in [-0.1, -0.05) is 25.6 Å². The van der Waals surface area contributed by atoms with Crippen LogP contribution in [0.4, 0.5) is 0 Å².